The molecule has 7 nitrogen and oxygen atoms in total. The summed E-state index contributed by atoms with van der Waals surface area (Å²) in [7, 11) is 0. The van der Waals surface area contributed by atoms with Gasteiger partial charge in [-0.2, -0.15) is 16.3 Å². The highest BCUT2D eigenvalue weighted by Gasteiger charge is 2.11. The Bertz CT molecular complexity index is 1040. The second-order valence-corrected chi connectivity index (χ2v) is 6.78. The number of nitrogens with one attached hydrogen (secondary N) is 1. The number of carbonyl (C=O) groups excluding carboxylic acids is 1. The highest BCUT2D eigenvalue weighted by atomic mass is 32.1. The average molecular weight is 367 g/mol. The molecule has 4 heterocycles. The Morgan fingerprint density at radius 2 is 2.27 bits per heavy atom. The van der Waals surface area contributed by atoms with Gasteiger partial charge in [-0.05, 0) is 36.1 Å². The van der Waals surface area contributed by atoms with Gasteiger partial charge in [0, 0.05) is 36.2 Å². The van der Waals surface area contributed by atoms with Gasteiger partial charge in [-0.3, -0.25) is 4.79 Å². The van der Waals surface area contributed by atoms with Crippen molar-refractivity contribution in [3.05, 3.63) is 58.5 Å². The predicted octanol–water partition coefficient (Wildman–Crippen LogP) is 3.00. The van der Waals surface area contributed by atoms with E-state index in [1.165, 1.54) is 0 Å². The summed E-state index contributed by atoms with van der Waals surface area (Å²) >= 11 is 1.58. The number of nitrogens with zero attached hydrogens (tertiary/aromatic N) is 4. The van der Waals surface area contributed by atoms with Crippen molar-refractivity contribution < 1.29 is 9.32 Å². The van der Waals surface area contributed by atoms with Crippen LogP contribution in [0.5, 0.6) is 0 Å². The smallest absolute Gasteiger partial charge is 0.227 e. The van der Waals surface area contributed by atoms with Crippen LogP contribution in [-0.2, 0) is 17.8 Å². The summed E-state index contributed by atoms with van der Waals surface area (Å²) in [5, 5.41) is 10.7. The summed E-state index contributed by atoms with van der Waals surface area (Å²) in [6.07, 6.45) is 4.58. The number of imidazole rings is 1. The fourth-order valence-corrected chi connectivity index (χ4v) is 3.22. The summed E-state index contributed by atoms with van der Waals surface area (Å²) in [6.45, 7) is 2.42. The van der Waals surface area contributed by atoms with Gasteiger partial charge in [-0.1, -0.05) is 5.16 Å². The van der Waals surface area contributed by atoms with Crippen LogP contribution in [-0.4, -0.2) is 25.4 Å². The van der Waals surface area contributed by atoms with E-state index in [9.17, 15) is 4.79 Å². The number of fused-ring (bicyclic) bond motifs is 1. The van der Waals surface area contributed by atoms with Crippen LogP contribution in [0.3, 0.4) is 0 Å². The molecule has 0 aliphatic carbocycles. The number of carbonyl (C=O) groups is 1. The molecule has 1 N–H and O–H groups in total. The third kappa shape index (κ3) is 3.65. The molecule has 0 aliphatic rings. The molecule has 0 aliphatic heterocycles. The summed E-state index contributed by atoms with van der Waals surface area (Å²) in [6, 6.07) is 5.96. The van der Waals surface area contributed by atoms with Crippen LogP contribution >= 0.6 is 11.3 Å². The van der Waals surface area contributed by atoms with Crippen LogP contribution in [0.1, 0.15) is 23.6 Å². The minimum absolute atomic E-state index is 0.0754. The van der Waals surface area contributed by atoms with E-state index in [0.29, 0.717) is 24.7 Å². The Kier molecular flexibility index (Phi) is 4.49. The molecule has 4 aromatic heterocycles. The van der Waals surface area contributed by atoms with Gasteiger partial charge in [-0.25, -0.2) is 4.98 Å². The average Bonchev–Trinajstić information content (AvgIpc) is 3.36. The van der Waals surface area contributed by atoms with E-state index in [-0.39, 0.29) is 12.3 Å². The van der Waals surface area contributed by atoms with Gasteiger partial charge in [-0.15, -0.1) is 0 Å². The molecule has 4 rings (SSSR count). The Labute approximate surface area is 153 Å². The van der Waals surface area contributed by atoms with Gasteiger partial charge in [0.15, 0.2) is 0 Å². The van der Waals surface area contributed by atoms with Crippen LogP contribution in [0.15, 0.2) is 45.9 Å². The minimum Gasteiger partial charge on any atom is -0.350 e. The highest BCUT2D eigenvalue weighted by molar-refractivity contribution is 7.08. The number of hydrogen-bond donors (Lipinski definition) is 1. The van der Waals surface area contributed by atoms with Gasteiger partial charge in [0.2, 0.25) is 17.6 Å². The molecule has 0 saturated carbocycles. The molecule has 1 amide bonds. The number of aryl methyl sites for hydroxylation is 2. The zero-order valence-corrected chi connectivity index (χ0v) is 15.0. The van der Waals surface area contributed by atoms with Crippen molar-refractivity contribution in [1.29, 1.82) is 0 Å². The molecule has 0 saturated heterocycles. The molecule has 8 heteroatoms. The maximum Gasteiger partial charge on any atom is 0.227 e. The molecule has 26 heavy (non-hydrogen) atoms. The zero-order chi connectivity index (χ0) is 17.9. The van der Waals surface area contributed by atoms with E-state index >= 15 is 0 Å². The van der Waals surface area contributed by atoms with Crippen molar-refractivity contribution >= 4 is 22.9 Å². The van der Waals surface area contributed by atoms with Crippen molar-refractivity contribution in [2.45, 2.75) is 26.3 Å². The molecular weight excluding hydrogens is 350 g/mol. The number of rotatable bonds is 6. The van der Waals surface area contributed by atoms with Crippen LogP contribution in [0.25, 0.3) is 17.0 Å². The van der Waals surface area contributed by atoms with Crippen LogP contribution in [0, 0.1) is 6.92 Å². The van der Waals surface area contributed by atoms with Crippen molar-refractivity contribution in [2.24, 2.45) is 0 Å². The molecule has 0 unspecified atom stereocenters. The molecule has 0 aromatic carbocycles. The molecule has 0 spiro atoms. The maximum absolute atomic E-state index is 12.1. The van der Waals surface area contributed by atoms with Crippen LogP contribution < -0.4 is 5.32 Å². The summed E-state index contributed by atoms with van der Waals surface area (Å²) in [5.74, 6) is 0.944. The summed E-state index contributed by atoms with van der Waals surface area (Å²) in [5.41, 5.74) is 3.78. The molecule has 0 radical (unpaired) electrons. The standard InChI is InChI=1S/C18H17N5O2S/c1-12-4-6-23-10-14(20-15(23)8-12)9-19-16(24)2-3-17-21-18(22-25-17)13-5-7-26-11-13/h4-8,10-11H,2-3,9H2,1H3,(H,19,24). The number of thiophene rings is 1. The first-order valence-electron chi connectivity index (χ1n) is 8.23. The minimum atomic E-state index is -0.0754. The number of aromatic nitrogens is 4. The van der Waals surface area contributed by atoms with Crippen molar-refractivity contribution in [2.75, 3.05) is 0 Å². The van der Waals surface area contributed by atoms with Gasteiger partial charge in [0.1, 0.15) is 5.65 Å². The summed E-state index contributed by atoms with van der Waals surface area (Å²) < 4.78 is 7.14. The lowest BCUT2D eigenvalue weighted by Crippen LogP contribution is -2.23. The van der Waals surface area contributed by atoms with Crippen molar-refractivity contribution in [3.63, 3.8) is 0 Å². The molecular formula is C18H17N5O2S. The number of pyridine rings is 1. The molecule has 4 aromatic rings. The SMILES string of the molecule is Cc1ccn2cc(CNC(=O)CCc3nc(-c4ccsc4)no3)nc2c1. The van der Waals surface area contributed by atoms with Gasteiger partial charge in [0.05, 0.1) is 12.2 Å². The monoisotopic (exact) mass is 367 g/mol. The number of amides is 1. The maximum atomic E-state index is 12.1. The molecule has 132 valence electrons. The second-order valence-electron chi connectivity index (χ2n) is 6.00. The highest BCUT2D eigenvalue weighted by Crippen LogP contribution is 2.19. The number of hydrogen-bond acceptors (Lipinski definition) is 6. The third-order valence-electron chi connectivity index (χ3n) is 3.95. The second kappa shape index (κ2) is 7.09. The van der Waals surface area contributed by atoms with Gasteiger partial charge < -0.3 is 14.2 Å². The van der Waals surface area contributed by atoms with E-state index in [1.54, 1.807) is 11.3 Å². The zero-order valence-electron chi connectivity index (χ0n) is 14.2. The summed E-state index contributed by atoms with van der Waals surface area (Å²) in [4.78, 5) is 20.9. The fourth-order valence-electron chi connectivity index (χ4n) is 2.58. The lowest BCUT2D eigenvalue weighted by Gasteiger charge is -2.01. The molecule has 0 bridgehead atoms. The van der Waals surface area contributed by atoms with E-state index < -0.39 is 0 Å². The molecule has 0 atom stereocenters. The van der Waals surface area contributed by atoms with Crippen LogP contribution in [0.2, 0.25) is 0 Å². The normalized spacial score (nSPS) is 11.1. The van der Waals surface area contributed by atoms with Gasteiger partial charge in [0.25, 0.3) is 0 Å². The van der Waals surface area contributed by atoms with Gasteiger partial charge >= 0.3 is 0 Å². The lowest BCUT2D eigenvalue weighted by molar-refractivity contribution is -0.121. The Morgan fingerprint density at radius 1 is 1.35 bits per heavy atom. The third-order valence-corrected chi connectivity index (χ3v) is 4.63. The molecule has 0 fully saturated rings. The first-order valence-corrected chi connectivity index (χ1v) is 9.18. The van der Waals surface area contributed by atoms with E-state index in [0.717, 1.165) is 22.5 Å². The van der Waals surface area contributed by atoms with E-state index in [2.05, 4.69) is 20.4 Å². The lowest BCUT2D eigenvalue weighted by atomic mass is 10.3. The predicted molar refractivity (Wildman–Crippen MR) is 97.7 cm³/mol. The topological polar surface area (TPSA) is 85.3 Å². The Balaban J connectivity index is 1.30. The quantitative estimate of drug-likeness (QED) is 0.566. The first kappa shape index (κ1) is 16.5. The van der Waals surface area contributed by atoms with Crippen molar-refractivity contribution in [3.8, 4) is 11.4 Å². The Hall–Kier alpha value is -3.00. The first-order chi connectivity index (χ1) is 12.7. The Morgan fingerprint density at radius 3 is 3.12 bits per heavy atom. The largest absolute Gasteiger partial charge is 0.350 e. The van der Waals surface area contributed by atoms with E-state index in [1.807, 2.05) is 52.7 Å². The van der Waals surface area contributed by atoms with Crippen molar-refractivity contribution in [1.82, 2.24) is 24.8 Å². The van der Waals surface area contributed by atoms with E-state index in [4.69, 9.17) is 4.52 Å². The fraction of sp³-hybridized carbons (Fsp3) is 0.222. The van der Waals surface area contributed by atoms with Crippen LogP contribution in [0.4, 0.5) is 0 Å².